The molecule has 4 rings (SSSR count). The second-order valence-corrected chi connectivity index (χ2v) is 10.8. The van der Waals surface area contributed by atoms with Crippen LogP contribution in [0.25, 0.3) is 11.1 Å². The van der Waals surface area contributed by atoms with E-state index >= 15 is 0 Å². The minimum absolute atomic E-state index is 0.153. The molecule has 0 spiro atoms. The summed E-state index contributed by atoms with van der Waals surface area (Å²) in [5.74, 6) is -2.76. The van der Waals surface area contributed by atoms with Gasteiger partial charge in [0.1, 0.15) is 0 Å². The number of carbonyl (C=O) groups is 3. The van der Waals surface area contributed by atoms with Crippen molar-refractivity contribution >= 4 is 29.4 Å². The molecule has 0 saturated carbocycles. The van der Waals surface area contributed by atoms with Crippen molar-refractivity contribution in [2.45, 2.75) is 51.6 Å². The molecule has 0 saturated heterocycles. The van der Waals surface area contributed by atoms with Crippen LogP contribution in [-0.4, -0.2) is 22.9 Å². The molecule has 42 heavy (non-hydrogen) atoms. The lowest BCUT2D eigenvalue weighted by atomic mass is 9.95. The Bertz CT molecular complexity index is 1500. The van der Waals surface area contributed by atoms with Crippen molar-refractivity contribution in [1.29, 1.82) is 0 Å². The molecule has 4 aromatic carbocycles. The fraction of sp³-hybridized carbons (Fsp3) is 0.229. The highest BCUT2D eigenvalue weighted by Gasteiger charge is 2.20. The van der Waals surface area contributed by atoms with Gasteiger partial charge in [0.25, 0.3) is 5.91 Å². The number of rotatable bonds is 12. The first-order valence-corrected chi connectivity index (χ1v) is 14.5. The van der Waals surface area contributed by atoms with Gasteiger partial charge in [0.2, 0.25) is 0 Å². The molecule has 4 aromatic rings. The number of aryl methyl sites for hydroxylation is 1. The molecular weight excluding hydrogens is 548 g/mol. The maximum Gasteiger partial charge on any atom is 0.394 e. The number of benzene rings is 4. The number of aliphatic carboxylic acids is 1. The van der Waals surface area contributed by atoms with E-state index in [9.17, 15) is 14.4 Å². The van der Waals surface area contributed by atoms with Crippen molar-refractivity contribution in [3.63, 3.8) is 0 Å². The van der Waals surface area contributed by atoms with Crippen LogP contribution >= 0.6 is 11.6 Å². The molecule has 216 valence electrons. The second kappa shape index (κ2) is 15.0. The van der Waals surface area contributed by atoms with Gasteiger partial charge in [0.15, 0.2) is 0 Å². The molecular formula is C35H35ClN2O4. The fourth-order valence-electron chi connectivity index (χ4n) is 4.76. The monoisotopic (exact) mass is 582 g/mol. The minimum Gasteiger partial charge on any atom is -0.474 e. The summed E-state index contributed by atoms with van der Waals surface area (Å²) in [7, 11) is 0. The van der Waals surface area contributed by atoms with Crippen molar-refractivity contribution in [2.24, 2.45) is 0 Å². The zero-order valence-corrected chi connectivity index (χ0v) is 24.4. The number of hydrogen-bond acceptors (Lipinski definition) is 3. The number of carboxylic acid groups (broad SMARTS) is 1. The molecule has 0 bridgehead atoms. The minimum atomic E-state index is -1.54. The van der Waals surface area contributed by atoms with E-state index in [0.29, 0.717) is 23.6 Å². The smallest absolute Gasteiger partial charge is 0.394 e. The molecule has 0 aliphatic rings. The molecule has 7 heteroatoms. The Morgan fingerprint density at radius 1 is 0.786 bits per heavy atom. The molecule has 6 nitrogen and oxygen atoms in total. The van der Waals surface area contributed by atoms with E-state index in [0.717, 1.165) is 34.2 Å². The molecule has 0 fully saturated rings. The lowest BCUT2D eigenvalue weighted by Crippen LogP contribution is -2.35. The lowest BCUT2D eigenvalue weighted by Gasteiger charge is -2.19. The summed E-state index contributed by atoms with van der Waals surface area (Å²) in [5.41, 5.74) is 6.35. The molecule has 3 N–H and O–H groups in total. The summed E-state index contributed by atoms with van der Waals surface area (Å²) < 4.78 is 0. The molecule has 2 amide bonds. The standard InChI is InChI=1S/C35H35ClN2O4/c1-2-3-4-6-24-9-11-26(12-10-24)23-37-33(39)30-8-5-7-29(22-30)27-15-17-28(18-16-27)32(38-34(40)35(41)42)21-25-13-19-31(36)20-14-25/h5,7-20,22,32H,2-4,6,21,23H2,1H3,(H,37,39)(H,38,40)(H,41,42). The molecule has 0 aromatic heterocycles. The fourth-order valence-corrected chi connectivity index (χ4v) is 4.89. The number of carboxylic acids is 1. The third-order valence-corrected chi connectivity index (χ3v) is 7.42. The SMILES string of the molecule is CCCCCc1ccc(CNC(=O)c2cccc(-c3ccc(C(Cc4ccc(Cl)cc4)NC(=O)C(=O)O)cc3)c2)cc1. The zero-order chi connectivity index (χ0) is 29.9. The molecule has 0 heterocycles. The van der Waals surface area contributed by atoms with Crippen LogP contribution in [0.5, 0.6) is 0 Å². The average Bonchev–Trinajstić information content (AvgIpc) is 3.01. The van der Waals surface area contributed by atoms with Gasteiger partial charge >= 0.3 is 11.9 Å². The number of carbonyl (C=O) groups excluding carboxylic acids is 2. The van der Waals surface area contributed by atoms with Gasteiger partial charge < -0.3 is 15.7 Å². The van der Waals surface area contributed by atoms with Gasteiger partial charge in [-0.25, -0.2) is 4.79 Å². The molecule has 1 unspecified atom stereocenters. The van der Waals surface area contributed by atoms with E-state index in [1.165, 1.54) is 24.8 Å². The summed E-state index contributed by atoms with van der Waals surface area (Å²) in [6.45, 7) is 2.65. The Labute approximate surface area is 251 Å². The van der Waals surface area contributed by atoms with Gasteiger partial charge in [0, 0.05) is 17.1 Å². The van der Waals surface area contributed by atoms with Gasteiger partial charge in [-0.15, -0.1) is 0 Å². The molecule has 0 radical (unpaired) electrons. The van der Waals surface area contributed by atoms with Gasteiger partial charge in [0.05, 0.1) is 6.04 Å². The zero-order valence-electron chi connectivity index (χ0n) is 23.6. The van der Waals surface area contributed by atoms with Crippen LogP contribution in [0, 0.1) is 0 Å². The number of halogens is 1. The van der Waals surface area contributed by atoms with Crippen LogP contribution in [-0.2, 0) is 29.0 Å². The lowest BCUT2D eigenvalue weighted by molar-refractivity contribution is -0.150. The Hall–Kier alpha value is -4.42. The Kier molecular flexibility index (Phi) is 10.9. The topological polar surface area (TPSA) is 95.5 Å². The summed E-state index contributed by atoms with van der Waals surface area (Å²) in [4.78, 5) is 36.1. The molecule has 0 aliphatic carbocycles. The van der Waals surface area contributed by atoms with E-state index in [2.05, 4.69) is 41.8 Å². The van der Waals surface area contributed by atoms with Crippen LogP contribution in [0.1, 0.15) is 64.8 Å². The highest BCUT2D eigenvalue weighted by Crippen LogP contribution is 2.25. The number of unbranched alkanes of at least 4 members (excludes halogenated alkanes) is 2. The van der Waals surface area contributed by atoms with Crippen LogP contribution in [0.3, 0.4) is 0 Å². The van der Waals surface area contributed by atoms with Gasteiger partial charge in [-0.05, 0) is 76.9 Å². The van der Waals surface area contributed by atoms with Crippen molar-refractivity contribution in [3.05, 3.63) is 130 Å². The van der Waals surface area contributed by atoms with Crippen molar-refractivity contribution < 1.29 is 19.5 Å². The molecule has 1 atom stereocenters. The predicted molar refractivity (Wildman–Crippen MR) is 166 cm³/mol. The summed E-state index contributed by atoms with van der Waals surface area (Å²) in [6.07, 6.45) is 5.10. The van der Waals surface area contributed by atoms with Crippen LogP contribution in [0.2, 0.25) is 5.02 Å². The first-order valence-electron chi connectivity index (χ1n) is 14.2. The third kappa shape index (κ3) is 8.79. The number of amides is 2. The normalized spacial score (nSPS) is 11.5. The van der Waals surface area contributed by atoms with Crippen LogP contribution < -0.4 is 10.6 Å². The first-order chi connectivity index (χ1) is 20.3. The van der Waals surface area contributed by atoms with Gasteiger partial charge in [-0.3, -0.25) is 9.59 Å². The highest BCUT2D eigenvalue weighted by atomic mass is 35.5. The maximum absolute atomic E-state index is 12.9. The van der Waals surface area contributed by atoms with E-state index in [1.807, 2.05) is 54.6 Å². The highest BCUT2D eigenvalue weighted by molar-refractivity contribution is 6.31. The Morgan fingerprint density at radius 3 is 2.12 bits per heavy atom. The van der Waals surface area contributed by atoms with Crippen molar-refractivity contribution in [3.8, 4) is 11.1 Å². The Balaban J connectivity index is 1.42. The van der Waals surface area contributed by atoms with Gasteiger partial charge in [-0.2, -0.15) is 0 Å². The van der Waals surface area contributed by atoms with Crippen molar-refractivity contribution in [2.75, 3.05) is 0 Å². The third-order valence-electron chi connectivity index (χ3n) is 7.17. The van der Waals surface area contributed by atoms with E-state index in [-0.39, 0.29) is 5.91 Å². The number of hydrogen-bond donors (Lipinski definition) is 3. The largest absolute Gasteiger partial charge is 0.474 e. The number of nitrogens with one attached hydrogen (secondary N) is 2. The quantitative estimate of drug-likeness (QED) is 0.122. The summed E-state index contributed by atoms with van der Waals surface area (Å²) in [6, 6.07) is 30.0. The molecule has 0 aliphatic heterocycles. The van der Waals surface area contributed by atoms with Crippen molar-refractivity contribution in [1.82, 2.24) is 10.6 Å². The van der Waals surface area contributed by atoms with E-state index in [1.54, 1.807) is 18.2 Å². The van der Waals surface area contributed by atoms with E-state index in [4.69, 9.17) is 16.7 Å². The van der Waals surface area contributed by atoms with Gasteiger partial charge in [-0.1, -0.05) is 104 Å². The maximum atomic E-state index is 12.9. The van der Waals surface area contributed by atoms with Crippen LogP contribution in [0.15, 0.2) is 97.1 Å². The Morgan fingerprint density at radius 2 is 1.45 bits per heavy atom. The first kappa shape index (κ1) is 30.5. The second-order valence-electron chi connectivity index (χ2n) is 10.3. The summed E-state index contributed by atoms with van der Waals surface area (Å²) in [5, 5.41) is 15.3. The summed E-state index contributed by atoms with van der Waals surface area (Å²) >= 11 is 5.99. The van der Waals surface area contributed by atoms with E-state index < -0.39 is 17.9 Å². The predicted octanol–water partition coefficient (Wildman–Crippen LogP) is 7.15. The van der Waals surface area contributed by atoms with Crippen LogP contribution in [0.4, 0.5) is 0 Å². The average molecular weight is 583 g/mol.